The Bertz CT molecular complexity index is 832. The minimum absolute atomic E-state index is 0.0800. The summed E-state index contributed by atoms with van der Waals surface area (Å²) in [6.45, 7) is 9.65. The number of hydrogen-bond acceptors (Lipinski definition) is 7. The van der Waals surface area contributed by atoms with Crippen molar-refractivity contribution in [1.29, 1.82) is 0 Å². The monoisotopic (exact) mass is 415 g/mol. The molecular formula is C23H37N5O2. The summed E-state index contributed by atoms with van der Waals surface area (Å²) in [7, 11) is 5.64. The Labute approximate surface area is 180 Å². The second-order valence-electron chi connectivity index (χ2n) is 7.92. The molecule has 0 saturated heterocycles. The molecule has 2 rings (SSSR count). The van der Waals surface area contributed by atoms with E-state index in [9.17, 15) is 5.11 Å². The summed E-state index contributed by atoms with van der Waals surface area (Å²) in [5, 5.41) is 24.1. The number of pyridine rings is 1. The highest BCUT2D eigenvalue weighted by Crippen LogP contribution is 2.41. The van der Waals surface area contributed by atoms with Gasteiger partial charge < -0.3 is 31.1 Å². The SMILES string of the molecule is CCC(CC)Oc1cc(C)nc(Nc2c(NC)cc(NC)cc2NC)c1C(C)(C)O. The molecule has 166 valence electrons. The average molecular weight is 416 g/mol. The van der Waals surface area contributed by atoms with Crippen molar-refractivity contribution in [3.05, 3.63) is 29.5 Å². The molecule has 30 heavy (non-hydrogen) atoms. The molecule has 0 saturated carbocycles. The van der Waals surface area contributed by atoms with E-state index in [0.717, 1.165) is 41.3 Å². The number of nitrogens with one attached hydrogen (secondary N) is 4. The van der Waals surface area contributed by atoms with E-state index < -0.39 is 5.60 Å². The maximum atomic E-state index is 11.0. The van der Waals surface area contributed by atoms with Gasteiger partial charge >= 0.3 is 0 Å². The number of aliphatic hydroxyl groups is 1. The number of rotatable bonds is 10. The van der Waals surface area contributed by atoms with Crippen LogP contribution < -0.4 is 26.0 Å². The third-order valence-corrected chi connectivity index (χ3v) is 5.14. The molecule has 0 amide bonds. The van der Waals surface area contributed by atoms with Crippen molar-refractivity contribution in [2.24, 2.45) is 0 Å². The topological polar surface area (TPSA) is 90.5 Å². The summed E-state index contributed by atoms with van der Waals surface area (Å²) >= 11 is 0. The van der Waals surface area contributed by atoms with Crippen LogP contribution in [0.2, 0.25) is 0 Å². The van der Waals surface area contributed by atoms with Crippen LogP contribution in [0, 0.1) is 6.92 Å². The van der Waals surface area contributed by atoms with Gasteiger partial charge in [0.05, 0.1) is 34.3 Å². The summed E-state index contributed by atoms with van der Waals surface area (Å²) in [6.07, 6.45) is 1.87. The van der Waals surface area contributed by atoms with Crippen LogP contribution in [0.25, 0.3) is 0 Å². The highest BCUT2D eigenvalue weighted by atomic mass is 16.5. The first-order valence-corrected chi connectivity index (χ1v) is 10.6. The molecule has 7 nitrogen and oxygen atoms in total. The quantitative estimate of drug-likeness (QED) is 0.371. The zero-order valence-electron chi connectivity index (χ0n) is 19.5. The first kappa shape index (κ1) is 23.6. The minimum Gasteiger partial charge on any atom is -0.490 e. The molecule has 0 atom stereocenters. The molecule has 0 spiro atoms. The number of ether oxygens (including phenoxy) is 1. The minimum atomic E-state index is -1.14. The van der Waals surface area contributed by atoms with Crippen molar-refractivity contribution in [3.8, 4) is 5.75 Å². The van der Waals surface area contributed by atoms with E-state index in [-0.39, 0.29) is 6.10 Å². The van der Waals surface area contributed by atoms with E-state index in [1.165, 1.54) is 0 Å². The Balaban J connectivity index is 2.66. The van der Waals surface area contributed by atoms with Crippen molar-refractivity contribution >= 4 is 28.6 Å². The van der Waals surface area contributed by atoms with Crippen molar-refractivity contribution < 1.29 is 9.84 Å². The fraction of sp³-hybridized carbons (Fsp3) is 0.522. The molecule has 7 heteroatoms. The summed E-state index contributed by atoms with van der Waals surface area (Å²) < 4.78 is 6.30. The summed E-state index contributed by atoms with van der Waals surface area (Å²) in [6, 6.07) is 5.94. The van der Waals surface area contributed by atoms with Crippen LogP contribution >= 0.6 is 0 Å². The molecule has 2 aromatic rings. The summed E-state index contributed by atoms with van der Waals surface area (Å²) in [4.78, 5) is 4.73. The van der Waals surface area contributed by atoms with Gasteiger partial charge in [0.1, 0.15) is 11.6 Å². The second-order valence-corrected chi connectivity index (χ2v) is 7.92. The van der Waals surface area contributed by atoms with Gasteiger partial charge in [0.25, 0.3) is 0 Å². The Morgan fingerprint density at radius 1 is 1.00 bits per heavy atom. The van der Waals surface area contributed by atoms with Crippen LogP contribution in [0.15, 0.2) is 18.2 Å². The molecular weight excluding hydrogens is 378 g/mol. The second kappa shape index (κ2) is 9.89. The van der Waals surface area contributed by atoms with Crippen molar-refractivity contribution in [2.45, 2.75) is 59.2 Å². The third kappa shape index (κ3) is 5.27. The van der Waals surface area contributed by atoms with Gasteiger partial charge in [-0.1, -0.05) is 13.8 Å². The van der Waals surface area contributed by atoms with E-state index in [4.69, 9.17) is 9.72 Å². The molecule has 5 N–H and O–H groups in total. The number of benzene rings is 1. The fourth-order valence-electron chi connectivity index (χ4n) is 3.49. The fourth-order valence-corrected chi connectivity index (χ4v) is 3.49. The molecule has 1 aromatic carbocycles. The van der Waals surface area contributed by atoms with Gasteiger partial charge in [0.2, 0.25) is 0 Å². The zero-order valence-corrected chi connectivity index (χ0v) is 19.5. The lowest BCUT2D eigenvalue weighted by molar-refractivity contribution is 0.0720. The predicted molar refractivity (Wildman–Crippen MR) is 128 cm³/mol. The van der Waals surface area contributed by atoms with Crippen molar-refractivity contribution in [2.75, 3.05) is 42.4 Å². The van der Waals surface area contributed by atoms with E-state index >= 15 is 0 Å². The van der Waals surface area contributed by atoms with Gasteiger partial charge in [-0.2, -0.15) is 0 Å². The lowest BCUT2D eigenvalue weighted by Gasteiger charge is -2.28. The van der Waals surface area contributed by atoms with Crippen molar-refractivity contribution in [3.63, 3.8) is 0 Å². The van der Waals surface area contributed by atoms with Gasteiger partial charge in [-0.25, -0.2) is 4.98 Å². The van der Waals surface area contributed by atoms with Gasteiger partial charge in [0.15, 0.2) is 0 Å². The Kier molecular flexibility index (Phi) is 7.78. The highest BCUT2D eigenvalue weighted by molar-refractivity contribution is 5.89. The van der Waals surface area contributed by atoms with E-state index in [0.29, 0.717) is 17.1 Å². The molecule has 0 aliphatic rings. The standard InChI is InChI=1S/C23H37N5O2/c1-9-16(10-2)30-19-11-14(3)27-22(20(19)23(4,5)29)28-21-17(25-7)12-15(24-6)13-18(21)26-8/h11-13,16,24-26,29H,9-10H2,1-8H3,(H,27,28). The average Bonchev–Trinajstić information content (AvgIpc) is 2.70. The van der Waals surface area contributed by atoms with E-state index in [1.807, 2.05) is 46.3 Å². The molecule has 0 aliphatic carbocycles. The Morgan fingerprint density at radius 3 is 2.00 bits per heavy atom. The molecule has 0 bridgehead atoms. The Morgan fingerprint density at radius 2 is 1.57 bits per heavy atom. The van der Waals surface area contributed by atoms with Gasteiger partial charge in [0, 0.05) is 38.6 Å². The molecule has 0 radical (unpaired) electrons. The number of hydrogen-bond donors (Lipinski definition) is 5. The molecule has 0 unspecified atom stereocenters. The number of aromatic nitrogens is 1. The molecule has 1 aromatic heterocycles. The summed E-state index contributed by atoms with van der Waals surface area (Å²) in [5.74, 6) is 1.24. The van der Waals surface area contributed by atoms with Crippen LogP contribution in [0.5, 0.6) is 5.75 Å². The number of anilines is 5. The first-order chi connectivity index (χ1) is 14.2. The van der Waals surface area contributed by atoms with Gasteiger partial charge in [-0.05, 0) is 45.7 Å². The lowest BCUT2D eigenvalue weighted by atomic mass is 9.97. The van der Waals surface area contributed by atoms with Gasteiger partial charge in [-0.3, -0.25) is 0 Å². The predicted octanol–water partition coefficient (Wildman–Crippen LogP) is 5.05. The number of aryl methyl sites for hydroxylation is 1. The zero-order chi connectivity index (χ0) is 22.5. The number of nitrogens with zero attached hydrogens (tertiary/aromatic N) is 1. The maximum absolute atomic E-state index is 11.0. The van der Waals surface area contributed by atoms with E-state index in [1.54, 1.807) is 13.8 Å². The third-order valence-electron chi connectivity index (χ3n) is 5.14. The summed E-state index contributed by atoms with van der Waals surface area (Å²) in [5.41, 5.74) is 3.94. The van der Waals surface area contributed by atoms with Crippen LogP contribution in [0.4, 0.5) is 28.6 Å². The van der Waals surface area contributed by atoms with Crippen LogP contribution in [-0.4, -0.2) is 37.3 Å². The van der Waals surface area contributed by atoms with Crippen molar-refractivity contribution in [1.82, 2.24) is 4.98 Å². The smallest absolute Gasteiger partial charge is 0.140 e. The normalized spacial score (nSPS) is 11.4. The maximum Gasteiger partial charge on any atom is 0.140 e. The first-order valence-electron chi connectivity index (χ1n) is 10.6. The van der Waals surface area contributed by atoms with Crippen LogP contribution in [0.1, 0.15) is 51.8 Å². The lowest BCUT2D eigenvalue weighted by Crippen LogP contribution is -2.23. The van der Waals surface area contributed by atoms with Crippen LogP contribution in [0.3, 0.4) is 0 Å². The largest absolute Gasteiger partial charge is 0.490 e. The van der Waals surface area contributed by atoms with Crippen LogP contribution in [-0.2, 0) is 5.60 Å². The van der Waals surface area contributed by atoms with Gasteiger partial charge in [-0.15, -0.1) is 0 Å². The molecule has 0 aliphatic heterocycles. The van der Waals surface area contributed by atoms with E-state index in [2.05, 4.69) is 35.1 Å². The highest BCUT2D eigenvalue weighted by Gasteiger charge is 2.29. The molecule has 1 heterocycles. The molecule has 0 fully saturated rings. The Hall–Kier alpha value is -2.67.